The number of carbonyl (C=O) groups is 1. The van der Waals surface area contributed by atoms with Crippen LogP contribution < -0.4 is 4.74 Å². The smallest absolute Gasteiger partial charge is 0.189 e. The summed E-state index contributed by atoms with van der Waals surface area (Å²) < 4.78 is 43.3. The fourth-order valence-corrected chi connectivity index (χ4v) is 3.98. The second-order valence-corrected chi connectivity index (χ2v) is 7.16. The maximum absolute atomic E-state index is 14.4. The van der Waals surface area contributed by atoms with E-state index in [1.807, 2.05) is 6.92 Å². The van der Waals surface area contributed by atoms with Crippen LogP contribution in [0.4, 0.5) is 8.78 Å². The van der Waals surface area contributed by atoms with Gasteiger partial charge in [-0.2, -0.15) is 0 Å². The van der Waals surface area contributed by atoms with E-state index in [0.717, 1.165) is 6.07 Å². The lowest BCUT2D eigenvalue weighted by Gasteiger charge is -2.38. The summed E-state index contributed by atoms with van der Waals surface area (Å²) in [6, 6.07) is 2.49. The van der Waals surface area contributed by atoms with Crippen LogP contribution in [0.1, 0.15) is 31.7 Å². The van der Waals surface area contributed by atoms with E-state index >= 15 is 0 Å². The minimum atomic E-state index is -0.850. The van der Waals surface area contributed by atoms with Crippen molar-refractivity contribution in [2.24, 2.45) is 11.8 Å². The Bertz CT molecular complexity index is 748. The highest BCUT2D eigenvalue weighted by Crippen LogP contribution is 2.47. The van der Waals surface area contributed by atoms with E-state index in [-0.39, 0.29) is 42.3 Å². The summed E-state index contributed by atoms with van der Waals surface area (Å²) in [5, 5.41) is 9.96. The number of phenols is 1. The number of alkyl halides is 1. The molecule has 3 atom stereocenters. The largest absolute Gasteiger partial charge is 0.504 e. The monoisotopic (exact) mass is 382 g/mol. The van der Waals surface area contributed by atoms with Crippen LogP contribution in [0.3, 0.4) is 0 Å². The van der Waals surface area contributed by atoms with Crippen molar-refractivity contribution in [1.82, 2.24) is 0 Å². The van der Waals surface area contributed by atoms with Crippen LogP contribution >= 0.6 is 0 Å². The maximum Gasteiger partial charge on any atom is 0.189 e. The minimum absolute atomic E-state index is 0.0234. The third kappa shape index (κ3) is 3.65. The minimum Gasteiger partial charge on any atom is -0.504 e. The number of ketones is 1. The van der Waals surface area contributed by atoms with Gasteiger partial charge in [-0.3, -0.25) is 9.18 Å². The van der Waals surface area contributed by atoms with Gasteiger partial charge in [0.1, 0.15) is 17.2 Å². The van der Waals surface area contributed by atoms with Crippen LogP contribution in [0.5, 0.6) is 11.5 Å². The number of methoxy groups -OCH3 is 1. The Morgan fingerprint density at radius 3 is 2.93 bits per heavy atom. The highest BCUT2D eigenvalue weighted by Gasteiger charge is 2.51. The number of carbonyl (C=O) groups excluding carboxylic acids is 1. The molecule has 2 aliphatic rings. The molecule has 0 spiro atoms. The molecule has 1 N–H and O–H groups in total. The highest BCUT2D eigenvalue weighted by molar-refractivity contribution is 5.93. The normalized spacial score (nSPS) is 25.6. The molecule has 1 fully saturated rings. The van der Waals surface area contributed by atoms with E-state index in [2.05, 4.69) is 0 Å². The van der Waals surface area contributed by atoms with Crippen molar-refractivity contribution in [3.05, 3.63) is 35.3 Å². The van der Waals surface area contributed by atoms with Crippen molar-refractivity contribution in [3.63, 3.8) is 0 Å². The molecule has 0 saturated carbocycles. The zero-order valence-electron chi connectivity index (χ0n) is 15.5. The fourth-order valence-electron chi connectivity index (χ4n) is 3.98. The lowest BCUT2D eigenvalue weighted by atomic mass is 9.71. The van der Waals surface area contributed by atoms with Gasteiger partial charge in [0.15, 0.2) is 24.1 Å². The Labute approximate surface area is 156 Å². The first-order chi connectivity index (χ1) is 12.9. The average Bonchev–Trinajstić information content (AvgIpc) is 3.06. The summed E-state index contributed by atoms with van der Waals surface area (Å²) in [5.41, 5.74) is -0.529. The topological polar surface area (TPSA) is 65.0 Å². The number of fused-ring (bicyclic) bond motifs is 1. The van der Waals surface area contributed by atoms with Gasteiger partial charge in [-0.1, -0.05) is 6.92 Å². The molecular formula is C20H24F2O5. The number of hydrogen-bond donors (Lipinski definition) is 1. The van der Waals surface area contributed by atoms with Crippen molar-refractivity contribution < 1.29 is 32.9 Å². The van der Waals surface area contributed by atoms with Gasteiger partial charge in [-0.15, -0.1) is 0 Å². The number of rotatable bonds is 7. The summed E-state index contributed by atoms with van der Waals surface area (Å²) >= 11 is 0. The molecule has 5 nitrogen and oxygen atoms in total. The molecule has 3 rings (SSSR count). The molecule has 1 aromatic carbocycles. The van der Waals surface area contributed by atoms with Crippen LogP contribution in [0.2, 0.25) is 0 Å². The van der Waals surface area contributed by atoms with E-state index in [1.165, 1.54) is 19.3 Å². The fraction of sp³-hybridized carbons (Fsp3) is 0.550. The van der Waals surface area contributed by atoms with E-state index in [0.29, 0.717) is 30.6 Å². The molecule has 27 heavy (non-hydrogen) atoms. The van der Waals surface area contributed by atoms with E-state index in [9.17, 15) is 18.7 Å². The molecule has 148 valence electrons. The molecule has 1 saturated heterocycles. The lowest BCUT2D eigenvalue weighted by molar-refractivity contribution is -0.123. The molecule has 0 radical (unpaired) electrons. The van der Waals surface area contributed by atoms with Crippen molar-refractivity contribution in [3.8, 4) is 11.5 Å². The number of phenolic OH excluding ortho intramolecular Hbond substituents is 1. The van der Waals surface area contributed by atoms with Gasteiger partial charge in [0.05, 0.1) is 13.8 Å². The van der Waals surface area contributed by atoms with Gasteiger partial charge >= 0.3 is 0 Å². The van der Waals surface area contributed by atoms with Gasteiger partial charge in [0.2, 0.25) is 0 Å². The summed E-state index contributed by atoms with van der Waals surface area (Å²) in [7, 11) is 1.35. The van der Waals surface area contributed by atoms with Crippen LogP contribution in [-0.2, 0) is 20.7 Å². The molecule has 0 amide bonds. The first-order valence-corrected chi connectivity index (χ1v) is 9.05. The zero-order chi connectivity index (χ0) is 19.6. The van der Waals surface area contributed by atoms with Gasteiger partial charge < -0.3 is 19.3 Å². The zero-order valence-corrected chi connectivity index (χ0v) is 15.5. The Balaban J connectivity index is 1.86. The molecule has 1 unspecified atom stereocenters. The number of hydrogen-bond acceptors (Lipinski definition) is 5. The molecule has 1 aliphatic carbocycles. The third-order valence-corrected chi connectivity index (χ3v) is 5.53. The maximum atomic E-state index is 14.4. The number of aromatic hydroxyl groups is 1. The number of allylic oxidation sites excluding steroid dienone is 1. The van der Waals surface area contributed by atoms with E-state index < -0.39 is 18.1 Å². The molecule has 7 heteroatoms. The number of halogens is 2. The first kappa shape index (κ1) is 19.6. The molecule has 1 aliphatic heterocycles. The van der Waals surface area contributed by atoms with E-state index in [1.54, 1.807) is 0 Å². The summed E-state index contributed by atoms with van der Waals surface area (Å²) in [6.07, 6.45) is 2.84. The Hall–Kier alpha value is -2.15. The third-order valence-electron chi connectivity index (χ3n) is 5.53. The second kappa shape index (κ2) is 7.84. The van der Waals surface area contributed by atoms with Crippen molar-refractivity contribution in [2.45, 2.75) is 38.2 Å². The van der Waals surface area contributed by atoms with Crippen LogP contribution in [-0.4, -0.2) is 37.1 Å². The van der Waals surface area contributed by atoms with Crippen LogP contribution in [0.25, 0.3) is 0 Å². The molecule has 1 aromatic rings. The summed E-state index contributed by atoms with van der Waals surface area (Å²) in [5.74, 6) is -0.763. The van der Waals surface area contributed by atoms with Gasteiger partial charge in [-0.25, -0.2) is 4.39 Å². The van der Waals surface area contributed by atoms with Gasteiger partial charge in [-0.05, 0) is 43.2 Å². The van der Waals surface area contributed by atoms with Gasteiger partial charge in [0.25, 0.3) is 0 Å². The Kier molecular flexibility index (Phi) is 5.69. The average molecular weight is 382 g/mol. The predicted octanol–water partition coefficient (Wildman–Crippen LogP) is 3.68. The summed E-state index contributed by atoms with van der Waals surface area (Å²) in [6.45, 7) is 1.44. The van der Waals surface area contributed by atoms with Gasteiger partial charge in [0, 0.05) is 18.1 Å². The molecular weight excluding hydrogens is 358 g/mol. The Morgan fingerprint density at radius 1 is 1.44 bits per heavy atom. The lowest BCUT2D eigenvalue weighted by Crippen LogP contribution is -2.45. The molecule has 0 aromatic heterocycles. The Morgan fingerprint density at radius 2 is 2.22 bits per heavy atom. The predicted molar refractivity (Wildman–Crippen MR) is 93.7 cm³/mol. The first-order valence-electron chi connectivity index (χ1n) is 9.05. The second-order valence-electron chi connectivity index (χ2n) is 7.16. The van der Waals surface area contributed by atoms with E-state index in [4.69, 9.17) is 14.2 Å². The molecule has 1 heterocycles. The van der Waals surface area contributed by atoms with Crippen LogP contribution in [0.15, 0.2) is 24.0 Å². The SMILES string of the molecule is COc1cc(F)c(CC(C)[C@]23C[C@H](CCCF)C(=O)C=C2OCO3)cc1O. The summed E-state index contributed by atoms with van der Waals surface area (Å²) in [4.78, 5) is 12.3. The van der Waals surface area contributed by atoms with Crippen molar-refractivity contribution in [1.29, 1.82) is 0 Å². The highest BCUT2D eigenvalue weighted by atomic mass is 19.1. The van der Waals surface area contributed by atoms with Crippen LogP contribution in [0, 0.1) is 17.7 Å². The quantitative estimate of drug-likeness (QED) is 0.779. The number of benzene rings is 1. The van der Waals surface area contributed by atoms with Crippen molar-refractivity contribution in [2.75, 3.05) is 20.6 Å². The molecule has 0 bridgehead atoms. The van der Waals surface area contributed by atoms with Crippen molar-refractivity contribution >= 4 is 5.78 Å². The number of ether oxygens (including phenoxy) is 3. The standard InChI is InChI=1S/C20H24F2O5/c1-12(6-14-7-17(24)18(25-2)8-15(14)22)20-10-13(4-3-5-21)16(23)9-19(20)26-11-27-20/h7-9,12-13,24H,3-6,10-11H2,1-2H3/t12?,13-,20+/m0/s1.